The average Bonchev–Trinajstić information content (AvgIpc) is 3.02. The molecule has 0 spiro atoms. The van der Waals surface area contributed by atoms with Gasteiger partial charge >= 0.3 is 5.97 Å². The van der Waals surface area contributed by atoms with Crippen molar-refractivity contribution >= 4 is 61.0 Å². The van der Waals surface area contributed by atoms with Crippen molar-refractivity contribution in [2.75, 3.05) is 5.32 Å². The first kappa shape index (κ1) is 13.8. The lowest BCUT2D eigenvalue weighted by molar-refractivity contribution is -0.139. The van der Waals surface area contributed by atoms with Gasteiger partial charge in [0, 0.05) is 14.0 Å². The first-order chi connectivity index (χ1) is 8.40. The lowest BCUT2D eigenvalue weighted by Crippen LogP contribution is -2.17. The van der Waals surface area contributed by atoms with Crippen LogP contribution in [0.4, 0.5) is 5.69 Å². The van der Waals surface area contributed by atoms with Crippen LogP contribution in [0.3, 0.4) is 0 Å². The second-order valence-corrected chi connectivity index (χ2v) is 6.17. The summed E-state index contributed by atoms with van der Waals surface area (Å²) in [5.74, 6) is -2.22. The Morgan fingerprint density at radius 3 is 2.28 bits per heavy atom. The molecule has 0 aromatic heterocycles. The number of aliphatic carboxylic acids is 1. The van der Waals surface area contributed by atoms with E-state index in [2.05, 4.69) is 37.2 Å². The fraction of sp³-hybridized carbons (Fsp3) is 0.273. The minimum absolute atomic E-state index is 0.286. The molecule has 2 atom stereocenters. The van der Waals surface area contributed by atoms with Crippen molar-refractivity contribution in [3.63, 3.8) is 0 Å². The predicted octanol–water partition coefficient (Wildman–Crippen LogP) is 3.52. The molecule has 96 valence electrons. The number of amides is 1. The van der Waals surface area contributed by atoms with Crippen molar-refractivity contribution in [3.05, 3.63) is 26.1 Å². The summed E-state index contributed by atoms with van der Waals surface area (Å²) in [6.45, 7) is 0. The molecule has 0 radical (unpaired) electrons. The van der Waals surface area contributed by atoms with E-state index in [0.717, 1.165) is 0 Å². The van der Waals surface area contributed by atoms with Crippen LogP contribution in [0.1, 0.15) is 6.42 Å². The van der Waals surface area contributed by atoms with E-state index in [1.165, 1.54) is 0 Å². The smallest absolute Gasteiger partial charge is 0.307 e. The molecule has 0 aliphatic heterocycles. The van der Waals surface area contributed by atoms with Gasteiger partial charge in [0.25, 0.3) is 0 Å². The number of halogens is 3. The lowest BCUT2D eigenvalue weighted by atomic mass is 10.2. The molecule has 0 saturated heterocycles. The molecule has 1 aliphatic carbocycles. The molecular formula is C11H8Br2ClNO3. The van der Waals surface area contributed by atoms with Gasteiger partial charge in [-0.3, -0.25) is 9.59 Å². The highest BCUT2D eigenvalue weighted by atomic mass is 79.9. The largest absolute Gasteiger partial charge is 0.481 e. The molecule has 0 unspecified atom stereocenters. The van der Waals surface area contributed by atoms with Gasteiger partial charge in [0.05, 0.1) is 17.5 Å². The number of carbonyl (C=O) groups is 2. The minimum atomic E-state index is -0.926. The maximum atomic E-state index is 11.8. The molecular weight excluding hydrogens is 389 g/mol. The second kappa shape index (κ2) is 5.19. The fourth-order valence-corrected chi connectivity index (χ4v) is 3.50. The molecule has 1 aromatic rings. The molecule has 7 heteroatoms. The van der Waals surface area contributed by atoms with Gasteiger partial charge in [-0.05, 0) is 50.4 Å². The third-order valence-corrected chi connectivity index (χ3v) is 4.17. The van der Waals surface area contributed by atoms with Gasteiger partial charge in [0.2, 0.25) is 5.91 Å². The van der Waals surface area contributed by atoms with Gasteiger partial charge < -0.3 is 10.4 Å². The maximum absolute atomic E-state index is 11.8. The number of carbonyl (C=O) groups excluding carboxylic acids is 1. The first-order valence-electron chi connectivity index (χ1n) is 5.08. The summed E-state index contributed by atoms with van der Waals surface area (Å²) >= 11 is 12.4. The second-order valence-electron chi connectivity index (χ2n) is 4.02. The topological polar surface area (TPSA) is 66.4 Å². The highest BCUT2D eigenvalue weighted by Crippen LogP contribution is 2.41. The zero-order valence-corrected chi connectivity index (χ0v) is 12.8. The van der Waals surface area contributed by atoms with Crippen molar-refractivity contribution in [2.24, 2.45) is 11.8 Å². The van der Waals surface area contributed by atoms with Gasteiger partial charge in [0.15, 0.2) is 0 Å². The van der Waals surface area contributed by atoms with Crippen LogP contribution in [0, 0.1) is 11.8 Å². The van der Waals surface area contributed by atoms with Gasteiger partial charge in [-0.15, -0.1) is 0 Å². The zero-order valence-electron chi connectivity index (χ0n) is 8.91. The molecule has 1 aromatic carbocycles. The summed E-state index contributed by atoms with van der Waals surface area (Å²) in [5, 5.41) is 12.0. The Bertz CT molecular complexity index is 512. The monoisotopic (exact) mass is 395 g/mol. The van der Waals surface area contributed by atoms with Crippen molar-refractivity contribution in [3.8, 4) is 0 Å². The van der Waals surface area contributed by atoms with Crippen LogP contribution in [0.2, 0.25) is 5.02 Å². The van der Waals surface area contributed by atoms with E-state index in [-0.39, 0.29) is 5.91 Å². The lowest BCUT2D eigenvalue weighted by Gasteiger charge is -2.09. The van der Waals surface area contributed by atoms with E-state index in [0.29, 0.717) is 26.1 Å². The highest BCUT2D eigenvalue weighted by molar-refractivity contribution is 9.11. The number of rotatable bonds is 3. The van der Waals surface area contributed by atoms with Crippen LogP contribution >= 0.6 is 43.5 Å². The van der Waals surface area contributed by atoms with Crippen LogP contribution < -0.4 is 5.32 Å². The Hall–Kier alpha value is -0.590. The van der Waals surface area contributed by atoms with Crippen molar-refractivity contribution in [2.45, 2.75) is 6.42 Å². The molecule has 2 rings (SSSR count). The van der Waals surface area contributed by atoms with E-state index in [9.17, 15) is 9.59 Å². The fourth-order valence-electron chi connectivity index (χ4n) is 1.64. The number of hydrogen-bond acceptors (Lipinski definition) is 2. The van der Waals surface area contributed by atoms with Crippen LogP contribution in [0.25, 0.3) is 0 Å². The van der Waals surface area contributed by atoms with Gasteiger partial charge in [0.1, 0.15) is 0 Å². The van der Waals surface area contributed by atoms with Crippen LogP contribution in [0.15, 0.2) is 21.1 Å². The van der Waals surface area contributed by atoms with Gasteiger partial charge in [-0.1, -0.05) is 11.6 Å². The number of carboxylic acids is 1. The van der Waals surface area contributed by atoms with Crippen LogP contribution in [0.5, 0.6) is 0 Å². The van der Waals surface area contributed by atoms with E-state index in [1.807, 2.05) is 0 Å². The van der Waals surface area contributed by atoms with E-state index in [4.69, 9.17) is 16.7 Å². The van der Waals surface area contributed by atoms with Gasteiger partial charge in [-0.2, -0.15) is 0 Å². The molecule has 1 fully saturated rings. The first-order valence-corrected chi connectivity index (χ1v) is 7.04. The molecule has 0 heterocycles. The van der Waals surface area contributed by atoms with Gasteiger partial charge in [-0.25, -0.2) is 0 Å². The summed E-state index contributed by atoms with van der Waals surface area (Å²) in [6.07, 6.45) is 0.393. The number of nitrogens with one attached hydrogen (secondary N) is 1. The normalized spacial score (nSPS) is 21.5. The molecule has 2 N–H and O–H groups in total. The van der Waals surface area contributed by atoms with Crippen molar-refractivity contribution in [1.82, 2.24) is 0 Å². The molecule has 18 heavy (non-hydrogen) atoms. The third kappa shape index (κ3) is 2.87. The summed E-state index contributed by atoms with van der Waals surface area (Å²) in [6, 6.07) is 3.31. The van der Waals surface area contributed by atoms with Crippen LogP contribution in [-0.4, -0.2) is 17.0 Å². The Morgan fingerprint density at radius 2 is 1.83 bits per heavy atom. The molecule has 4 nitrogen and oxygen atoms in total. The average molecular weight is 397 g/mol. The summed E-state index contributed by atoms with van der Waals surface area (Å²) in [5.41, 5.74) is 0.556. The molecule has 1 saturated carbocycles. The van der Waals surface area contributed by atoms with Crippen LogP contribution in [-0.2, 0) is 9.59 Å². The van der Waals surface area contributed by atoms with E-state index < -0.39 is 17.8 Å². The predicted molar refractivity (Wildman–Crippen MR) is 74.7 cm³/mol. The standard InChI is InChI=1S/C11H8Br2ClNO3/c12-7-1-4(14)2-8(13)9(7)15-10(16)5-3-6(5)11(17)18/h1-2,5-6H,3H2,(H,15,16)(H,17,18)/t5-,6+/m1/s1. The van der Waals surface area contributed by atoms with Crippen molar-refractivity contribution in [1.29, 1.82) is 0 Å². The Balaban J connectivity index is 2.11. The maximum Gasteiger partial charge on any atom is 0.307 e. The number of anilines is 1. The third-order valence-electron chi connectivity index (χ3n) is 2.70. The SMILES string of the molecule is O=C(O)[C@H]1C[C@H]1C(=O)Nc1c(Br)cc(Cl)cc1Br. The summed E-state index contributed by atoms with van der Waals surface area (Å²) in [4.78, 5) is 22.5. The number of hydrogen-bond donors (Lipinski definition) is 2. The Kier molecular flexibility index (Phi) is 3.99. The molecule has 0 bridgehead atoms. The summed E-state index contributed by atoms with van der Waals surface area (Å²) < 4.78 is 1.28. The zero-order chi connectivity index (χ0) is 13.4. The highest BCUT2D eigenvalue weighted by Gasteiger charge is 2.48. The van der Waals surface area contributed by atoms with E-state index >= 15 is 0 Å². The Labute approximate surface area is 125 Å². The minimum Gasteiger partial charge on any atom is -0.481 e. The number of benzene rings is 1. The quantitative estimate of drug-likeness (QED) is 0.820. The number of carboxylic acid groups (broad SMARTS) is 1. The van der Waals surface area contributed by atoms with E-state index in [1.54, 1.807) is 12.1 Å². The summed E-state index contributed by atoms with van der Waals surface area (Å²) in [7, 11) is 0. The molecule has 1 aliphatic rings. The Morgan fingerprint density at radius 1 is 1.28 bits per heavy atom. The van der Waals surface area contributed by atoms with Crippen molar-refractivity contribution < 1.29 is 14.7 Å². The molecule has 1 amide bonds.